The SMILES string of the molecule is Cc1cc(C)c(O)c(NC(=O)C(Br)C(C)C)c1. The summed E-state index contributed by atoms with van der Waals surface area (Å²) < 4.78 is 0. The van der Waals surface area contributed by atoms with Crippen LogP contribution in [0.15, 0.2) is 12.1 Å². The topological polar surface area (TPSA) is 49.3 Å². The lowest BCUT2D eigenvalue weighted by Gasteiger charge is -2.15. The van der Waals surface area contributed by atoms with Crippen LogP contribution in [0.3, 0.4) is 0 Å². The van der Waals surface area contributed by atoms with Crippen LogP contribution in [0.1, 0.15) is 25.0 Å². The molecule has 0 saturated carbocycles. The predicted molar refractivity (Wildman–Crippen MR) is 73.8 cm³/mol. The molecule has 1 atom stereocenters. The van der Waals surface area contributed by atoms with E-state index in [9.17, 15) is 9.90 Å². The van der Waals surface area contributed by atoms with Crippen LogP contribution in [0.5, 0.6) is 5.75 Å². The number of hydrogen-bond acceptors (Lipinski definition) is 2. The lowest BCUT2D eigenvalue weighted by atomic mass is 10.1. The fourth-order valence-corrected chi connectivity index (χ4v) is 1.67. The zero-order chi connectivity index (χ0) is 13.2. The number of carbonyl (C=O) groups is 1. The molecular weight excluding hydrogens is 282 g/mol. The molecule has 17 heavy (non-hydrogen) atoms. The molecule has 0 fully saturated rings. The van der Waals surface area contributed by atoms with Crippen molar-refractivity contribution in [2.45, 2.75) is 32.5 Å². The van der Waals surface area contributed by atoms with Crippen LogP contribution in [0.4, 0.5) is 5.69 Å². The minimum atomic E-state index is -0.261. The normalized spacial score (nSPS) is 12.6. The van der Waals surface area contributed by atoms with Crippen molar-refractivity contribution >= 4 is 27.5 Å². The smallest absolute Gasteiger partial charge is 0.238 e. The van der Waals surface area contributed by atoms with Gasteiger partial charge < -0.3 is 10.4 Å². The molecule has 0 aliphatic rings. The quantitative estimate of drug-likeness (QED) is 0.664. The first kappa shape index (κ1) is 14.0. The van der Waals surface area contributed by atoms with Crippen LogP contribution in [0.25, 0.3) is 0 Å². The van der Waals surface area contributed by atoms with Crippen molar-refractivity contribution in [1.82, 2.24) is 0 Å². The van der Waals surface area contributed by atoms with Gasteiger partial charge in [0.05, 0.1) is 10.5 Å². The fourth-order valence-electron chi connectivity index (χ4n) is 1.56. The Balaban J connectivity index is 2.92. The highest BCUT2D eigenvalue weighted by Gasteiger charge is 2.20. The van der Waals surface area contributed by atoms with Gasteiger partial charge in [-0.25, -0.2) is 0 Å². The summed E-state index contributed by atoms with van der Waals surface area (Å²) in [5, 5.41) is 12.6. The van der Waals surface area contributed by atoms with E-state index in [0.29, 0.717) is 5.69 Å². The Labute approximate surface area is 110 Å². The van der Waals surface area contributed by atoms with Crippen molar-refractivity contribution in [1.29, 1.82) is 0 Å². The maximum Gasteiger partial charge on any atom is 0.238 e. The number of carbonyl (C=O) groups excluding carboxylic acids is 1. The summed E-state index contributed by atoms with van der Waals surface area (Å²) in [6.07, 6.45) is 0. The highest BCUT2D eigenvalue weighted by Crippen LogP contribution is 2.29. The van der Waals surface area contributed by atoms with E-state index in [1.165, 1.54) is 0 Å². The van der Waals surface area contributed by atoms with E-state index in [-0.39, 0.29) is 22.4 Å². The van der Waals surface area contributed by atoms with Gasteiger partial charge >= 0.3 is 0 Å². The third-order valence-corrected chi connectivity index (χ3v) is 4.01. The monoisotopic (exact) mass is 299 g/mol. The van der Waals surface area contributed by atoms with Crippen LogP contribution in [-0.2, 0) is 4.79 Å². The van der Waals surface area contributed by atoms with Gasteiger partial charge in [0.1, 0.15) is 5.75 Å². The molecule has 0 spiro atoms. The Bertz CT molecular complexity index is 430. The third kappa shape index (κ3) is 3.46. The number of aryl methyl sites for hydroxylation is 2. The van der Waals surface area contributed by atoms with Gasteiger partial charge in [0.15, 0.2) is 0 Å². The van der Waals surface area contributed by atoms with E-state index in [2.05, 4.69) is 21.2 Å². The number of rotatable bonds is 3. The van der Waals surface area contributed by atoms with E-state index >= 15 is 0 Å². The first-order valence-electron chi connectivity index (χ1n) is 5.58. The zero-order valence-electron chi connectivity index (χ0n) is 10.5. The summed E-state index contributed by atoms with van der Waals surface area (Å²) in [6, 6.07) is 3.64. The standard InChI is InChI=1S/C13H18BrNO2/c1-7(2)11(14)13(17)15-10-6-8(3)5-9(4)12(10)16/h5-7,11,16H,1-4H3,(H,15,17). The number of aromatic hydroxyl groups is 1. The molecule has 0 aliphatic carbocycles. The van der Waals surface area contributed by atoms with Gasteiger partial charge in [-0.1, -0.05) is 35.8 Å². The zero-order valence-corrected chi connectivity index (χ0v) is 12.1. The number of benzene rings is 1. The molecule has 94 valence electrons. The van der Waals surface area contributed by atoms with Gasteiger partial charge in [-0.05, 0) is 37.0 Å². The van der Waals surface area contributed by atoms with E-state index in [4.69, 9.17) is 0 Å². The van der Waals surface area contributed by atoms with Crippen LogP contribution in [-0.4, -0.2) is 15.8 Å². The molecule has 4 heteroatoms. The molecule has 0 radical (unpaired) electrons. The van der Waals surface area contributed by atoms with Gasteiger partial charge in [0.2, 0.25) is 5.91 Å². The molecule has 1 aromatic rings. The largest absolute Gasteiger partial charge is 0.505 e. The minimum absolute atomic E-state index is 0.132. The van der Waals surface area contributed by atoms with Crippen molar-refractivity contribution in [2.75, 3.05) is 5.32 Å². The van der Waals surface area contributed by atoms with Crippen molar-refractivity contribution in [3.05, 3.63) is 23.3 Å². The second-order valence-corrected chi connectivity index (χ2v) is 5.60. The molecule has 0 aliphatic heterocycles. The Morgan fingerprint density at radius 1 is 1.35 bits per heavy atom. The maximum absolute atomic E-state index is 11.9. The highest BCUT2D eigenvalue weighted by molar-refractivity contribution is 9.10. The Morgan fingerprint density at radius 3 is 2.47 bits per heavy atom. The van der Waals surface area contributed by atoms with Crippen molar-refractivity contribution in [3.8, 4) is 5.75 Å². The fraction of sp³-hybridized carbons (Fsp3) is 0.462. The number of anilines is 1. The molecule has 0 saturated heterocycles. The Kier molecular flexibility index (Phi) is 4.57. The third-order valence-electron chi connectivity index (χ3n) is 2.54. The summed E-state index contributed by atoms with van der Waals surface area (Å²) in [5.74, 6) is 0.191. The molecule has 1 rings (SSSR count). The highest BCUT2D eigenvalue weighted by atomic mass is 79.9. The van der Waals surface area contributed by atoms with Crippen molar-refractivity contribution in [2.24, 2.45) is 5.92 Å². The lowest BCUT2D eigenvalue weighted by Crippen LogP contribution is -2.27. The summed E-state index contributed by atoms with van der Waals surface area (Å²) in [5.41, 5.74) is 2.24. The van der Waals surface area contributed by atoms with Gasteiger partial charge in [-0.15, -0.1) is 0 Å². The maximum atomic E-state index is 11.9. The number of hydrogen-bond donors (Lipinski definition) is 2. The number of alkyl halides is 1. The average Bonchev–Trinajstić information content (AvgIpc) is 2.23. The summed E-state index contributed by atoms with van der Waals surface area (Å²) >= 11 is 3.33. The number of nitrogens with one attached hydrogen (secondary N) is 1. The van der Waals surface area contributed by atoms with Gasteiger partial charge in [0.25, 0.3) is 0 Å². The molecular formula is C13H18BrNO2. The second kappa shape index (κ2) is 5.54. The number of phenolic OH excluding ortho intramolecular Hbond substituents is 1. The van der Waals surface area contributed by atoms with Crippen LogP contribution >= 0.6 is 15.9 Å². The van der Waals surface area contributed by atoms with Crippen LogP contribution < -0.4 is 5.32 Å². The molecule has 3 nitrogen and oxygen atoms in total. The van der Waals surface area contributed by atoms with Gasteiger partial charge in [-0.2, -0.15) is 0 Å². The average molecular weight is 300 g/mol. The number of halogens is 1. The van der Waals surface area contributed by atoms with E-state index in [1.807, 2.05) is 33.8 Å². The first-order chi connectivity index (χ1) is 7.82. The van der Waals surface area contributed by atoms with Gasteiger partial charge in [-0.3, -0.25) is 4.79 Å². The van der Waals surface area contributed by atoms with E-state index in [0.717, 1.165) is 11.1 Å². The molecule has 1 aromatic carbocycles. The summed E-state index contributed by atoms with van der Waals surface area (Å²) in [4.78, 5) is 11.6. The summed E-state index contributed by atoms with van der Waals surface area (Å²) in [7, 11) is 0. The Morgan fingerprint density at radius 2 is 1.94 bits per heavy atom. The van der Waals surface area contributed by atoms with E-state index < -0.39 is 0 Å². The molecule has 0 aromatic heterocycles. The first-order valence-corrected chi connectivity index (χ1v) is 6.49. The van der Waals surface area contributed by atoms with Crippen LogP contribution in [0.2, 0.25) is 0 Å². The number of amides is 1. The number of phenols is 1. The van der Waals surface area contributed by atoms with Crippen molar-refractivity contribution in [3.63, 3.8) is 0 Å². The van der Waals surface area contributed by atoms with E-state index in [1.54, 1.807) is 6.07 Å². The minimum Gasteiger partial charge on any atom is -0.505 e. The predicted octanol–water partition coefficient (Wildman–Crippen LogP) is 3.37. The molecule has 0 heterocycles. The lowest BCUT2D eigenvalue weighted by molar-refractivity contribution is -0.116. The molecule has 1 amide bonds. The van der Waals surface area contributed by atoms with Crippen molar-refractivity contribution < 1.29 is 9.90 Å². The molecule has 0 bridgehead atoms. The van der Waals surface area contributed by atoms with Gasteiger partial charge in [0, 0.05) is 0 Å². The Hall–Kier alpha value is -1.03. The van der Waals surface area contributed by atoms with Crippen LogP contribution in [0, 0.1) is 19.8 Å². The molecule has 2 N–H and O–H groups in total. The second-order valence-electron chi connectivity index (χ2n) is 4.61. The summed E-state index contributed by atoms with van der Waals surface area (Å²) in [6.45, 7) is 7.66. The molecule has 1 unspecified atom stereocenters.